The maximum atomic E-state index is 12.7. The Labute approximate surface area is 188 Å². The van der Waals surface area contributed by atoms with Gasteiger partial charge in [-0.1, -0.05) is 0 Å². The van der Waals surface area contributed by atoms with Gasteiger partial charge >= 0.3 is 12.1 Å². The molecule has 1 amide bonds. The van der Waals surface area contributed by atoms with Gasteiger partial charge in [0.15, 0.2) is 0 Å². The highest BCUT2D eigenvalue weighted by molar-refractivity contribution is 5.94. The Balaban J connectivity index is 0.000000383. The van der Waals surface area contributed by atoms with Crippen molar-refractivity contribution in [3.63, 3.8) is 0 Å². The largest absolute Gasteiger partial charge is 0.490 e. The van der Waals surface area contributed by atoms with Crippen LogP contribution in [0.15, 0.2) is 29.2 Å². The lowest BCUT2D eigenvalue weighted by atomic mass is 9.95. The van der Waals surface area contributed by atoms with Gasteiger partial charge in [0.25, 0.3) is 5.91 Å². The maximum Gasteiger partial charge on any atom is 0.490 e. The first kappa shape index (κ1) is 24.8. The van der Waals surface area contributed by atoms with E-state index in [4.69, 9.17) is 23.8 Å². The summed E-state index contributed by atoms with van der Waals surface area (Å²) in [7, 11) is 1.70. The molecule has 1 saturated heterocycles. The van der Waals surface area contributed by atoms with E-state index >= 15 is 0 Å². The zero-order valence-electron chi connectivity index (χ0n) is 18.1. The van der Waals surface area contributed by atoms with Crippen LogP contribution in [-0.4, -0.2) is 71.3 Å². The number of aromatic nitrogens is 2. The first-order chi connectivity index (χ1) is 15.7. The molecule has 1 N–H and O–H groups in total. The first-order valence-electron chi connectivity index (χ1n) is 10.4. The molecule has 1 atom stereocenters. The van der Waals surface area contributed by atoms with Crippen molar-refractivity contribution in [2.45, 2.75) is 38.0 Å². The number of carboxylic acids is 1. The molecular formula is C21H26F3N3O6. The third-order valence-electron chi connectivity index (χ3n) is 5.59. The summed E-state index contributed by atoms with van der Waals surface area (Å²) in [6.07, 6.45) is 2.01. The van der Waals surface area contributed by atoms with E-state index in [0.29, 0.717) is 31.2 Å². The molecule has 0 aromatic carbocycles. The van der Waals surface area contributed by atoms with Crippen LogP contribution in [0.3, 0.4) is 0 Å². The second kappa shape index (κ2) is 10.8. The number of carbonyl (C=O) groups is 2. The van der Waals surface area contributed by atoms with E-state index in [2.05, 4.69) is 9.78 Å². The average molecular weight is 473 g/mol. The highest BCUT2D eigenvalue weighted by Crippen LogP contribution is 2.31. The van der Waals surface area contributed by atoms with E-state index in [0.717, 1.165) is 38.2 Å². The Morgan fingerprint density at radius 3 is 2.58 bits per heavy atom. The molecule has 182 valence electrons. The van der Waals surface area contributed by atoms with Gasteiger partial charge in [-0.3, -0.25) is 9.48 Å². The van der Waals surface area contributed by atoms with Crippen LogP contribution in [0.4, 0.5) is 13.2 Å². The van der Waals surface area contributed by atoms with Gasteiger partial charge in [-0.2, -0.15) is 18.3 Å². The minimum atomic E-state index is -5.08. The van der Waals surface area contributed by atoms with Crippen LogP contribution < -0.4 is 0 Å². The van der Waals surface area contributed by atoms with Crippen LogP contribution in [0.1, 0.15) is 40.4 Å². The molecule has 12 heteroatoms. The Bertz CT molecular complexity index is 922. The van der Waals surface area contributed by atoms with E-state index in [1.807, 2.05) is 11.1 Å². The summed E-state index contributed by atoms with van der Waals surface area (Å²) in [4.78, 5) is 23.5. The predicted octanol–water partition coefficient (Wildman–Crippen LogP) is 2.92. The lowest BCUT2D eigenvalue weighted by Gasteiger charge is -2.33. The molecule has 9 nitrogen and oxygen atoms in total. The molecule has 0 radical (unpaired) electrons. The second-order valence-electron chi connectivity index (χ2n) is 7.95. The molecule has 0 bridgehead atoms. The van der Waals surface area contributed by atoms with E-state index in [9.17, 15) is 18.0 Å². The molecule has 0 saturated carbocycles. The van der Waals surface area contributed by atoms with Crippen LogP contribution in [-0.2, 0) is 27.4 Å². The van der Waals surface area contributed by atoms with Crippen molar-refractivity contribution in [1.29, 1.82) is 0 Å². The lowest BCUT2D eigenvalue weighted by Crippen LogP contribution is -2.40. The number of methoxy groups -OCH3 is 1. The zero-order chi connectivity index (χ0) is 24.0. The highest BCUT2D eigenvalue weighted by Gasteiger charge is 2.38. The number of carbonyl (C=O) groups excluding carboxylic acids is 1. The Morgan fingerprint density at radius 1 is 1.30 bits per heavy atom. The van der Waals surface area contributed by atoms with Gasteiger partial charge in [0.05, 0.1) is 30.3 Å². The van der Waals surface area contributed by atoms with E-state index in [1.54, 1.807) is 13.2 Å². The molecule has 2 aliphatic rings. The number of nitrogens with zero attached hydrogens (tertiary/aromatic N) is 3. The molecule has 1 unspecified atom stereocenters. The number of hydrogen-bond donors (Lipinski definition) is 1. The molecule has 2 aromatic heterocycles. The van der Waals surface area contributed by atoms with Gasteiger partial charge in [-0.25, -0.2) is 4.79 Å². The van der Waals surface area contributed by atoms with Gasteiger partial charge in [0.2, 0.25) is 0 Å². The fraction of sp³-hybridized carbons (Fsp3) is 0.571. The van der Waals surface area contributed by atoms with Crippen LogP contribution in [0.25, 0.3) is 0 Å². The van der Waals surface area contributed by atoms with Crippen LogP contribution >= 0.6 is 0 Å². The number of rotatable bonds is 5. The van der Waals surface area contributed by atoms with Gasteiger partial charge < -0.3 is 23.9 Å². The number of amides is 1. The lowest BCUT2D eigenvalue weighted by molar-refractivity contribution is -0.192. The summed E-state index contributed by atoms with van der Waals surface area (Å²) in [5.74, 6) is -2.04. The monoisotopic (exact) mass is 473 g/mol. The normalized spacial score (nSPS) is 18.9. The minimum absolute atomic E-state index is 0.0114. The molecule has 2 aliphatic heterocycles. The fourth-order valence-corrected chi connectivity index (χ4v) is 4.03. The summed E-state index contributed by atoms with van der Waals surface area (Å²) < 4.78 is 49.8. The summed E-state index contributed by atoms with van der Waals surface area (Å²) >= 11 is 0. The predicted molar refractivity (Wildman–Crippen MR) is 108 cm³/mol. The molecule has 2 aromatic rings. The van der Waals surface area contributed by atoms with Gasteiger partial charge in [0.1, 0.15) is 6.26 Å². The topological polar surface area (TPSA) is 107 Å². The summed E-state index contributed by atoms with van der Waals surface area (Å²) in [5, 5.41) is 11.8. The average Bonchev–Trinajstić information content (AvgIpc) is 3.45. The SMILES string of the molecule is COCC1CN(C(=O)c2ccoc2)Cc2cnn(CC3CCOCC3)c21.O=C(O)C(F)(F)F. The Hall–Kier alpha value is -2.86. The summed E-state index contributed by atoms with van der Waals surface area (Å²) in [5.41, 5.74) is 2.91. The number of furan rings is 1. The Kier molecular flexibility index (Phi) is 8.14. The summed E-state index contributed by atoms with van der Waals surface area (Å²) in [6, 6.07) is 1.71. The molecule has 4 heterocycles. The number of aliphatic carboxylic acids is 1. The molecule has 0 aliphatic carbocycles. The number of hydrogen-bond acceptors (Lipinski definition) is 6. The van der Waals surface area contributed by atoms with Crippen molar-refractivity contribution in [3.05, 3.63) is 41.6 Å². The summed E-state index contributed by atoms with van der Waals surface area (Å²) in [6.45, 7) is 4.36. The maximum absolute atomic E-state index is 12.7. The molecule has 33 heavy (non-hydrogen) atoms. The number of ether oxygens (including phenoxy) is 2. The fourth-order valence-electron chi connectivity index (χ4n) is 4.03. The van der Waals surface area contributed by atoms with E-state index in [1.165, 1.54) is 18.2 Å². The second-order valence-corrected chi connectivity index (χ2v) is 7.95. The van der Waals surface area contributed by atoms with Gasteiger partial charge in [-0.05, 0) is 24.8 Å². The zero-order valence-corrected chi connectivity index (χ0v) is 18.1. The third kappa shape index (κ3) is 6.35. The highest BCUT2D eigenvalue weighted by atomic mass is 19.4. The quantitative estimate of drug-likeness (QED) is 0.712. The third-order valence-corrected chi connectivity index (χ3v) is 5.59. The van der Waals surface area contributed by atoms with Crippen molar-refractivity contribution in [1.82, 2.24) is 14.7 Å². The van der Waals surface area contributed by atoms with Gasteiger partial charge in [0, 0.05) is 51.4 Å². The smallest absolute Gasteiger partial charge is 0.475 e. The molecule has 4 rings (SSSR count). The molecule has 0 spiro atoms. The number of halogens is 3. The van der Waals surface area contributed by atoms with Gasteiger partial charge in [-0.15, -0.1) is 0 Å². The number of fused-ring (bicyclic) bond motifs is 1. The van der Waals surface area contributed by atoms with Crippen molar-refractivity contribution in [3.8, 4) is 0 Å². The van der Waals surface area contributed by atoms with Crippen molar-refractivity contribution < 1.29 is 41.8 Å². The number of alkyl halides is 3. The standard InChI is InChI=1S/C19H25N3O4.C2HF3O2/c1-24-12-17-11-21(19(23)15-4-7-26-13-15)10-16-8-20-22(18(16)17)9-14-2-5-25-6-3-14;3-2(4,5)1(6)7/h4,7-8,13-14,17H,2-3,5-6,9-12H2,1H3;(H,6,7). The first-order valence-corrected chi connectivity index (χ1v) is 10.4. The minimum Gasteiger partial charge on any atom is -0.475 e. The molecular weight excluding hydrogens is 447 g/mol. The molecule has 1 fully saturated rings. The van der Waals surface area contributed by atoms with Crippen molar-refractivity contribution in [2.24, 2.45) is 5.92 Å². The van der Waals surface area contributed by atoms with E-state index in [-0.39, 0.29) is 11.8 Å². The number of carboxylic acid groups (broad SMARTS) is 1. The van der Waals surface area contributed by atoms with E-state index < -0.39 is 12.1 Å². The van der Waals surface area contributed by atoms with Crippen molar-refractivity contribution >= 4 is 11.9 Å². The van der Waals surface area contributed by atoms with Crippen molar-refractivity contribution in [2.75, 3.05) is 33.5 Å². The Morgan fingerprint density at radius 2 is 2.00 bits per heavy atom. The van der Waals surface area contributed by atoms with Crippen LogP contribution in [0.5, 0.6) is 0 Å². The van der Waals surface area contributed by atoms with Crippen LogP contribution in [0.2, 0.25) is 0 Å². The van der Waals surface area contributed by atoms with Crippen LogP contribution in [0, 0.1) is 5.92 Å².